The molecule has 0 aliphatic heterocycles. The molecule has 0 radical (unpaired) electrons. The summed E-state index contributed by atoms with van der Waals surface area (Å²) >= 11 is 0. The minimum atomic E-state index is -4.32. The molecule has 0 aromatic rings. The highest BCUT2D eigenvalue weighted by molar-refractivity contribution is 5.54. The van der Waals surface area contributed by atoms with Gasteiger partial charge in [-0.05, 0) is 0 Å². The van der Waals surface area contributed by atoms with Crippen molar-refractivity contribution >= 4 is 6.22 Å². The summed E-state index contributed by atoms with van der Waals surface area (Å²) in [6.07, 6.45) is -7.98. The predicted octanol–water partition coefficient (Wildman–Crippen LogP) is 4.39. The van der Waals surface area contributed by atoms with Crippen molar-refractivity contribution in [1.29, 1.82) is 0 Å². The second kappa shape index (κ2) is 22.1. The molecule has 0 bridgehead atoms. The fraction of sp³-hybridized carbons (Fsp3) is 0.875. The van der Waals surface area contributed by atoms with E-state index in [0.717, 1.165) is 0 Å². The van der Waals surface area contributed by atoms with Crippen LogP contribution >= 0.6 is 0 Å². The predicted molar refractivity (Wildman–Crippen MR) is 49.7 cm³/mol. The molecule has 0 aromatic heterocycles. The summed E-state index contributed by atoms with van der Waals surface area (Å²) in [4.78, 5) is 8.33. The maximum atomic E-state index is 10.8. The molecule has 0 aromatic carbocycles. The number of alkyl halides is 8. The van der Waals surface area contributed by atoms with Gasteiger partial charge in [-0.1, -0.05) is 0 Å². The zero-order chi connectivity index (χ0) is 16.3. The Balaban J connectivity index is -0.0000000825. The first-order valence-electron chi connectivity index (χ1n) is 4.37. The quantitative estimate of drug-likeness (QED) is 0.620. The Morgan fingerprint density at radius 2 is 1.00 bits per heavy atom. The fourth-order valence-electron chi connectivity index (χ4n) is 0.107. The molecule has 0 spiro atoms. The number of halogens is 9. The van der Waals surface area contributed by atoms with Crippen LogP contribution in [0, 0.1) is 0 Å². The smallest absolute Gasteiger partial charge is 0.456 e. The lowest BCUT2D eigenvalue weighted by Crippen LogP contribution is -2.07. The van der Waals surface area contributed by atoms with Gasteiger partial charge in [0.15, 0.2) is 0 Å². The molecule has 0 saturated heterocycles. The summed E-state index contributed by atoms with van der Waals surface area (Å²) in [5, 5.41) is 6.75. The summed E-state index contributed by atoms with van der Waals surface area (Å²) < 4.78 is 94.5. The zero-order valence-corrected chi connectivity index (χ0v) is 9.50. The second-order valence-electron chi connectivity index (χ2n) is 2.06. The summed E-state index contributed by atoms with van der Waals surface area (Å²) in [6, 6.07) is 0. The molecule has 0 amide bonds. The average Bonchev–Trinajstić information content (AvgIpc) is 2.27. The van der Waals surface area contributed by atoms with Crippen molar-refractivity contribution in [2.24, 2.45) is 0 Å². The third-order valence-corrected chi connectivity index (χ3v) is 0.521. The lowest BCUT2D eigenvalue weighted by atomic mass is 10.5. The summed E-state index contributed by atoms with van der Waals surface area (Å²) in [5.74, 6) is 0. The normalized spacial score (nSPS) is 8.89. The van der Waals surface area contributed by atoms with E-state index in [1.807, 2.05) is 0 Å². The van der Waals surface area contributed by atoms with Gasteiger partial charge in [-0.15, -0.1) is 4.39 Å². The maximum absolute atomic E-state index is 10.8. The first kappa shape index (κ1) is 26.4. The monoisotopic (exact) mass is 312 g/mol. The first-order chi connectivity index (χ1) is 8.62. The molecule has 0 heterocycles. The van der Waals surface area contributed by atoms with Crippen LogP contribution in [0.25, 0.3) is 0 Å². The molecule has 0 saturated carbocycles. The Bertz CT molecular complexity index is 151. The van der Waals surface area contributed by atoms with Crippen molar-refractivity contribution in [2.75, 3.05) is 33.4 Å². The van der Waals surface area contributed by atoms with E-state index < -0.39 is 52.2 Å². The van der Waals surface area contributed by atoms with Crippen molar-refractivity contribution in [1.82, 2.24) is 0 Å². The molecule has 19 heavy (non-hydrogen) atoms. The number of hydrogen-bond donors (Lipinski definition) is 1. The van der Waals surface area contributed by atoms with Crippen molar-refractivity contribution in [3.05, 3.63) is 0 Å². The highest BCUT2D eigenvalue weighted by Crippen LogP contribution is 2.18. The minimum absolute atomic E-state index is 0.847. The maximum Gasteiger partial charge on any atom is 0.492 e. The molecular formula is C8H13F9O2. The van der Waals surface area contributed by atoms with E-state index in [0.29, 0.717) is 0 Å². The van der Waals surface area contributed by atoms with Gasteiger partial charge in [-0.3, -0.25) is 4.39 Å². The first-order valence-corrected chi connectivity index (χ1v) is 4.37. The molecule has 0 rings (SSSR count). The van der Waals surface area contributed by atoms with E-state index in [1.165, 1.54) is 0 Å². The Kier molecular flexibility index (Phi) is 30.7. The molecule has 0 aliphatic rings. The second-order valence-corrected chi connectivity index (χ2v) is 2.06. The molecular weight excluding hydrogens is 299 g/mol. The molecule has 1 N–H and O–H groups in total. The van der Waals surface area contributed by atoms with Crippen LogP contribution in [0.5, 0.6) is 0 Å². The van der Waals surface area contributed by atoms with Crippen LogP contribution in [0.15, 0.2) is 0 Å². The summed E-state index contributed by atoms with van der Waals surface area (Å²) in [5.41, 5.74) is 0. The summed E-state index contributed by atoms with van der Waals surface area (Å²) in [7, 11) is 0. The van der Waals surface area contributed by atoms with Gasteiger partial charge in [0.1, 0.15) is 26.7 Å². The Labute approximate surface area is 103 Å². The molecule has 11 heteroatoms. The summed E-state index contributed by atoms with van der Waals surface area (Å²) in [6.45, 7) is -4.70. The van der Waals surface area contributed by atoms with E-state index in [-0.39, 0.29) is 0 Å². The lowest BCUT2D eigenvalue weighted by molar-refractivity contribution is -0.136. The number of carboxylic acid groups (broad SMARTS) is 1. The largest absolute Gasteiger partial charge is 0.492 e. The molecule has 0 aliphatic carbocycles. The molecule has 0 fully saturated rings. The Hall–Kier alpha value is -1.16. The van der Waals surface area contributed by atoms with Crippen LogP contribution in [-0.2, 0) is 0 Å². The number of rotatable bonds is 3. The highest BCUT2D eigenvalue weighted by Gasteiger charge is 2.25. The Morgan fingerprint density at radius 1 is 0.789 bits per heavy atom. The SMILES string of the molecule is FCCC(F)(F)F.FCCF.FCCF.O=C(O)F. The molecule has 120 valence electrons. The van der Waals surface area contributed by atoms with Gasteiger partial charge in [-0.25, -0.2) is 22.4 Å². The number of hydrogen-bond acceptors (Lipinski definition) is 1. The minimum Gasteiger partial charge on any atom is -0.456 e. The van der Waals surface area contributed by atoms with Crippen molar-refractivity contribution in [3.63, 3.8) is 0 Å². The topological polar surface area (TPSA) is 37.3 Å². The van der Waals surface area contributed by atoms with Crippen LogP contribution in [0.1, 0.15) is 6.42 Å². The van der Waals surface area contributed by atoms with Gasteiger partial charge >= 0.3 is 12.4 Å². The molecule has 2 nitrogen and oxygen atoms in total. The molecule has 0 unspecified atom stereocenters. The third kappa shape index (κ3) is 158. The van der Waals surface area contributed by atoms with E-state index in [2.05, 4.69) is 0 Å². The van der Waals surface area contributed by atoms with Gasteiger partial charge in [0.05, 0.1) is 13.1 Å². The number of carbonyl (C=O) groups is 1. The van der Waals surface area contributed by atoms with E-state index in [4.69, 9.17) is 9.90 Å². The van der Waals surface area contributed by atoms with Gasteiger partial charge in [0.2, 0.25) is 0 Å². The van der Waals surface area contributed by atoms with Gasteiger partial charge in [0, 0.05) is 0 Å². The van der Waals surface area contributed by atoms with Crippen LogP contribution in [0.2, 0.25) is 0 Å². The van der Waals surface area contributed by atoms with Crippen LogP contribution < -0.4 is 0 Å². The van der Waals surface area contributed by atoms with Crippen molar-refractivity contribution < 1.29 is 49.4 Å². The van der Waals surface area contributed by atoms with E-state index >= 15 is 0 Å². The average molecular weight is 312 g/mol. The van der Waals surface area contributed by atoms with Crippen LogP contribution in [-0.4, -0.2) is 50.9 Å². The zero-order valence-electron chi connectivity index (χ0n) is 9.50. The van der Waals surface area contributed by atoms with Crippen molar-refractivity contribution in [2.45, 2.75) is 12.6 Å². The van der Waals surface area contributed by atoms with Gasteiger partial charge in [0.25, 0.3) is 0 Å². The van der Waals surface area contributed by atoms with Gasteiger partial charge < -0.3 is 5.11 Å². The highest BCUT2D eigenvalue weighted by atomic mass is 19.4. The van der Waals surface area contributed by atoms with E-state index in [1.54, 1.807) is 0 Å². The molecule has 0 atom stereocenters. The standard InChI is InChI=1S/C3H4F4.2C2H4F2.CHFO2/c4-2-1-3(5,6)7;2*3-1-2-4;2-1(3)4/h1-2H2;2*1-2H2;(H,3,4). The van der Waals surface area contributed by atoms with E-state index in [9.17, 15) is 39.5 Å². The van der Waals surface area contributed by atoms with Crippen LogP contribution in [0.4, 0.5) is 44.3 Å². The van der Waals surface area contributed by atoms with Crippen molar-refractivity contribution in [3.8, 4) is 0 Å². The van der Waals surface area contributed by atoms with Crippen LogP contribution in [0.3, 0.4) is 0 Å². The lowest BCUT2D eigenvalue weighted by Gasteiger charge is -1.98. The fourth-order valence-corrected chi connectivity index (χ4v) is 0.107. The Morgan fingerprint density at radius 3 is 1.00 bits per heavy atom. The van der Waals surface area contributed by atoms with Gasteiger partial charge in [-0.2, -0.15) is 13.2 Å². The third-order valence-electron chi connectivity index (χ3n) is 0.521.